The molecule has 0 bridgehead atoms. The van der Waals surface area contributed by atoms with Crippen LogP contribution in [0.3, 0.4) is 0 Å². The first kappa shape index (κ1) is 10.9. The van der Waals surface area contributed by atoms with Gasteiger partial charge in [-0.1, -0.05) is 0 Å². The number of benzene rings is 1. The van der Waals surface area contributed by atoms with Crippen molar-refractivity contribution < 1.29 is 0 Å². The fourth-order valence-corrected chi connectivity index (χ4v) is 4.82. The van der Waals surface area contributed by atoms with Crippen LogP contribution in [0.1, 0.15) is 23.3 Å². The molecule has 0 aliphatic carbocycles. The molecule has 0 aliphatic rings. The van der Waals surface area contributed by atoms with Crippen molar-refractivity contribution in [2.75, 3.05) is 0 Å². The molecule has 2 heteroatoms. The number of rotatable bonds is 3. The van der Waals surface area contributed by atoms with Gasteiger partial charge in [0.2, 0.25) is 0 Å². The van der Waals surface area contributed by atoms with E-state index >= 15 is 0 Å². The van der Waals surface area contributed by atoms with Crippen LogP contribution in [0.15, 0.2) is 35.1 Å². The molecule has 0 radical (unpaired) electrons. The Morgan fingerprint density at radius 1 is 1.27 bits per heavy atom. The molecule has 2 rings (SSSR count). The Morgan fingerprint density at radius 3 is 2.87 bits per heavy atom. The minimum atomic E-state index is -0.258. The second-order valence-electron chi connectivity index (χ2n) is 3.68. The first-order chi connectivity index (χ1) is 7.31. The van der Waals surface area contributed by atoms with Crippen LogP contribution in [0.5, 0.6) is 0 Å². The Kier molecular flexibility index (Phi) is 3.61. The van der Waals surface area contributed by atoms with E-state index < -0.39 is 0 Å². The SMILES string of the molecule is CCCCc1cc(=O)c2ccccc2[te]1. The number of unbranched alkanes of at least 4 members (excludes halogenated alkanes) is 1. The average molecular weight is 314 g/mol. The molecule has 0 atom stereocenters. The monoisotopic (exact) mass is 316 g/mol. The molecule has 1 nitrogen and oxygen atoms in total. The summed E-state index contributed by atoms with van der Waals surface area (Å²) in [4.78, 5) is 11.8. The Morgan fingerprint density at radius 2 is 2.07 bits per heavy atom. The molecule has 0 amide bonds. The zero-order chi connectivity index (χ0) is 10.7. The van der Waals surface area contributed by atoms with Crippen LogP contribution in [-0.4, -0.2) is 20.4 Å². The van der Waals surface area contributed by atoms with Gasteiger partial charge in [-0.3, -0.25) is 0 Å². The predicted octanol–water partition coefficient (Wildman–Crippen LogP) is 2.60. The fraction of sp³-hybridized carbons (Fsp3) is 0.308. The molecule has 2 aromatic rings. The van der Waals surface area contributed by atoms with Gasteiger partial charge in [-0.2, -0.15) is 0 Å². The average Bonchev–Trinajstić information content (AvgIpc) is 2.26. The normalized spacial score (nSPS) is 10.7. The van der Waals surface area contributed by atoms with E-state index in [1.807, 2.05) is 24.3 Å². The van der Waals surface area contributed by atoms with E-state index in [2.05, 4.69) is 13.0 Å². The van der Waals surface area contributed by atoms with Crippen molar-refractivity contribution in [1.29, 1.82) is 0 Å². The van der Waals surface area contributed by atoms with E-state index in [0.29, 0.717) is 0 Å². The maximum absolute atomic E-state index is 11.8. The van der Waals surface area contributed by atoms with Crippen molar-refractivity contribution in [3.05, 3.63) is 44.1 Å². The first-order valence-corrected chi connectivity index (χ1v) is 7.66. The summed E-state index contributed by atoms with van der Waals surface area (Å²) in [6.45, 7) is 2.19. The van der Waals surface area contributed by atoms with Crippen LogP contribution in [0.4, 0.5) is 0 Å². The molecule has 0 fully saturated rings. The molecule has 78 valence electrons. The van der Waals surface area contributed by atoms with E-state index in [1.54, 1.807) is 0 Å². The summed E-state index contributed by atoms with van der Waals surface area (Å²) in [5.41, 5.74) is 0.216. The fourth-order valence-electron chi connectivity index (χ4n) is 1.63. The van der Waals surface area contributed by atoms with Gasteiger partial charge >= 0.3 is 99.5 Å². The van der Waals surface area contributed by atoms with Crippen LogP contribution in [0, 0.1) is 0 Å². The molecule has 1 aromatic carbocycles. The van der Waals surface area contributed by atoms with E-state index in [4.69, 9.17) is 0 Å². The molecule has 0 saturated heterocycles. The molecule has 15 heavy (non-hydrogen) atoms. The first-order valence-electron chi connectivity index (χ1n) is 5.33. The van der Waals surface area contributed by atoms with Crippen molar-refractivity contribution in [2.24, 2.45) is 0 Å². The summed E-state index contributed by atoms with van der Waals surface area (Å²) in [6, 6.07) is 9.96. The van der Waals surface area contributed by atoms with Gasteiger partial charge < -0.3 is 0 Å². The second kappa shape index (κ2) is 4.96. The van der Waals surface area contributed by atoms with Gasteiger partial charge in [-0.05, 0) is 0 Å². The summed E-state index contributed by atoms with van der Waals surface area (Å²) in [5.74, 6) is 0. The topological polar surface area (TPSA) is 17.1 Å². The quantitative estimate of drug-likeness (QED) is 0.796. The van der Waals surface area contributed by atoms with Crippen molar-refractivity contribution in [2.45, 2.75) is 26.2 Å². The Bertz CT molecular complexity index is 513. The maximum atomic E-state index is 11.8. The van der Waals surface area contributed by atoms with Gasteiger partial charge in [0.15, 0.2) is 0 Å². The molecule has 0 N–H and O–H groups in total. The van der Waals surface area contributed by atoms with Crippen LogP contribution >= 0.6 is 0 Å². The van der Waals surface area contributed by atoms with E-state index in [-0.39, 0.29) is 25.9 Å². The number of fused-ring (bicyclic) bond motifs is 1. The minimum absolute atomic E-state index is 0.216. The zero-order valence-corrected chi connectivity index (χ0v) is 11.2. The Hall–Kier alpha value is -0.580. The van der Waals surface area contributed by atoms with E-state index in [0.717, 1.165) is 11.8 Å². The number of hydrogen-bond acceptors (Lipinski definition) is 1. The molecule has 0 aliphatic heterocycles. The third kappa shape index (κ3) is 2.51. The van der Waals surface area contributed by atoms with Gasteiger partial charge in [0, 0.05) is 0 Å². The zero-order valence-electron chi connectivity index (χ0n) is 8.82. The van der Waals surface area contributed by atoms with Crippen LogP contribution in [0.2, 0.25) is 0 Å². The molecule has 1 aromatic heterocycles. The molecule has 0 unspecified atom stereocenters. The summed E-state index contributed by atoms with van der Waals surface area (Å²) in [7, 11) is 0. The summed E-state index contributed by atoms with van der Waals surface area (Å²) >= 11 is -0.258. The van der Waals surface area contributed by atoms with Crippen LogP contribution in [0.25, 0.3) is 8.79 Å². The van der Waals surface area contributed by atoms with Gasteiger partial charge in [0.05, 0.1) is 0 Å². The Balaban J connectivity index is 2.48. The summed E-state index contributed by atoms with van der Waals surface area (Å²) in [6.07, 6.45) is 3.55. The van der Waals surface area contributed by atoms with Crippen molar-refractivity contribution in [3.8, 4) is 0 Å². The van der Waals surface area contributed by atoms with Crippen LogP contribution < -0.4 is 5.43 Å². The second-order valence-corrected chi connectivity index (χ2v) is 7.01. The van der Waals surface area contributed by atoms with Gasteiger partial charge in [-0.25, -0.2) is 0 Å². The third-order valence-corrected chi connectivity index (χ3v) is 5.77. The van der Waals surface area contributed by atoms with Crippen molar-refractivity contribution in [1.82, 2.24) is 0 Å². The van der Waals surface area contributed by atoms with Crippen molar-refractivity contribution in [3.63, 3.8) is 0 Å². The van der Waals surface area contributed by atoms with Gasteiger partial charge in [-0.15, -0.1) is 0 Å². The number of aryl methyl sites for hydroxylation is 1. The summed E-state index contributed by atoms with van der Waals surface area (Å²) < 4.78 is 2.74. The predicted molar refractivity (Wildman–Crippen MR) is 65.8 cm³/mol. The molecular formula is C13H14OTe. The molecule has 0 saturated carbocycles. The standard InChI is InChI=1S/C13H14OTe/c1-2-3-6-10-9-12(14)11-7-4-5-8-13(11)15-10/h4-5,7-9H,2-3,6H2,1H3. The van der Waals surface area contributed by atoms with E-state index in [9.17, 15) is 4.79 Å². The molecule has 0 spiro atoms. The van der Waals surface area contributed by atoms with Crippen LogP contribution in [-0.2, 0) is 6.42 Å². The van der Waals surface area contributed by atoms with Gasteiger partial charge in [0.1, 0.15) is 0 Å². The molecular weight excluding hydrogens is 300 g/mol. The van der Waals surface area contributed by atoms with E-state index in [1.165, 1.54) is 19.8 Å². The summed E-state index contributed by atoms with van der Waals surface area (Å²) in [5, 5.41) is 0.945. The van der Waals surface area contributed by atoms with Gasteiger partial charge in [0.25, 0.3) is 0 Å². The Labute approximate surface area is 99.4 Å². The number of hydrogen-bond donors (Lipinski definition) is 0. The van der Waals surface area contributed by atoms with Crippen molar-refractivity contribution >= 4 is 29.2 Å². The molecule has 1 heterocycles. The third-order valence-electron chi connectivity index (χ3n) is 2.46.